The molecule has 0 bridgehead atoms. The molecule has 2 aliphatic heterocycles. The molecule has 0 aliphatic carbocycles. The van der Waals surface area contributed by atoms with Crippen LogP contribution in [0.3, 0.4) is 0 Å². The van der Waals surface area contributed by atoms with Crippen molar-refractivity contribution < 1.29 is 22.6 Å². The Bertz CT molecular complexity index is 623. The summed E-state index contributed by atoms with van der Waals surface area (Å²) in [6.07, 6.45) is 1.38. The van der Waals surface area contributed by atoms with Gasteiger partial charge in [0.05, 0.1) is 50.7 Å². The number of methoxy groups -OCH3 is 1. The quantitative estimate of drug-likeness (QED) is 0.731. The monoisotopic (exact) mass is 357 g/mol. The number of hydrogen-bond donors (Lipinski definition) is 0. The van der Waals surface area contributed by atoms with Gasteiger partial charge in [0.2, 0.25) is 15.9 Å². The van der Waals surface area contributed by atoms with Gasteiger partial charge >= 0.3 is 0 Å². The molecule has 3 heterocycles. The third-order valence-electron chi connectivity index (χ3n) is 4.21. The summed E-state index contributed by atoms with van der Waals surface area (Å²) in [6.45, 7) is 3.52. The molecule has 8 nitrogen and oxygen atoms in total. The van der Waals surface area contributed by atoms with Crippen molar-refractivity contribution in [1.29, 1.82) is 0 Å². The first-order valence-electron chi connectivity index (χ1n) is 8.00. The van der Waals surface area contributed by atoms with Crippen LogP contribution in [0.1, 0.15) is 0 Å². The van der Waals surface area contributed by atoms with Gasteiger partial charge in [0.1, 0.15) is 0 Å². The van der Waals surface area contributed by atoms with Crippen LogP contribution in [-0.4, -0.2) is 82.7 Å². The largest absolute Gasteiger partial charge is 0.481 e. The lowest BCUT2D eigenvalue weighted by Crippen LogP contribution is -2.51. The minimum atomic E-state index is -3.33. The topological polar surface area (TPSA) is 81.2 Å². The molecular weight excluding hydrogens is 334 g/mol. The van der Waals surface area contributed by atoms with Crippen LogP contribution in [0.15, 0.2) is 18.3 Å². The predicted molar refractivity (Wildman–Crippen MR) is 88.9 cm³/mol. The highest BCUT2D eigenvalue weighted by Gasteiger charge is 2.31. The summed E-state index contributed by atoms with van der Waals surface area (Å²) >= 11 is 0. The number of rotatable bonds is 5. The zero-order valence-electron chi connectivity index (χ0n) is 13.8. The average Bonchev–Trinajstić information content (AvgIpc) is 2.62. The fourth-order valence-electron chi connectivity index (χ4n) is 2.88. The molecular formula is C15H23N3O5S. The third kappa shape index (κ3) is 4.15. The van der Waals surface area contributed by atoms with Crippen molar-refractivity contribution in [1.82, 2.24) is 9.29 Å². The maximum absolute atomic E-state index is 12.5. The number of aromatic nitrogens is 1. The summed E-state index contributed by atoms with van der Waals surface area (Å²) in [5, 5.41) is 0. The Hall–Kier alpha value is -1.42. The number of sulfonamides is 1. The van der Waals surface area contributed by atoms with E-state index in [0.717, 1.165) is 5.69 Å². The van der Waals surface area contributed by atoms with Gasteiger partial charge in [0.15, 0.2) is 0 Å². The number of hydrogen-bond acceptors (Lipinski definition) is 7. The van der Waals surface area contributed by atoms with Crippen LogP contribution in [0.2, 0.25) is 0 Å². The van der Waals surface area contributed by atoms with E-state index in [1.807, 2.05) is 6.07 Å². The van der Waals surface area contributed by atoms with E-state index in [1.54, 1.807) is 23.7 Å². The average molecular weight is 357 g/mol. The maximum atomic E-state index is 12.5. The Morgan fingerprint density at radius 3 is 2.62 bits per heavy atom. The second-order valence-corrected chi connectivity index (χ2v) is 7.80. The molecule has 0 spiro atoms. The van der Waals surface area contributed by atoms with E-state index in [2.05, 4.69) is 9.88 Å². The smallest absolute Gasteiger partial charge is 0.216 e. The lowest BCUT2D eigenvalue weighted by atomic mass is 10.3. The molecule has 1 aromatic heterocycles. The first kappa shape index (κ1) is 17.4. The van der Waals surface area contributed by atoms with E-state index in [1.165, 1.54) is 0 Å². The Morgan fingerprint density at radius 2 is 2.04 bits per heavy atom. The first-order chi connectivity index (χ1) is 11.6. The van der Waals surface area contributed by atoms with E-state index < -0.39 is 10.0 Å². The van der Waals surface area contributed by atoms with Crippen LogP contribution in [0.5, 0.6) is 5.88 Å². The van der Waals surface area contributed by atoms with Crippen molar-refractivity contribution in [2.24, 2.45) is 0 Å². The maximum Gasteiger partial charge on any atom is 0.216 e. The molecule has 2 aliphatic rings. The fourth-order valence-corrected chi connectivity index (χ4v) is 4.47. The number of pyridine rings is 1. The predicted octanol–water partition coefficient (Wildman–Crippen LogP) is -0.0426. The SMILES string of the molecule is COc1ccc(N2CCN(S(=O)(=O)CC3COCCO3)CC2)cn1. The molecule has 9 heteroatoms. The highest BCUT2D eigenvalue weighted by Crippen LogP contribution is 2.19. The minimum Gasteiger partial charge on any atom is -0.481 e. The Labute approximate surface area is 142 Å². The molecule has 0 aromatic carbocycles. The van der Waals surface area contributed by atoms with Crippen molar-refractivity contribution >= 4 is 15.7 Å². The van der Waals surface area contributed by atoms with Crippen molar-refractivity contribution in [2.45, 2.75) is 6.10 Å². The zero-order chi connectivity index (χ0) is 17.0. The molecule has 0 radical (unpaired) electrons. The van der Waals surface area contributed by atoms with Crippen molar-refractivity contribution in [2.75, 3.05) is 63.8 Å². The normalized spacial score (nSPS) is 23.2. The highest BCUT2D eigenvalue weighted by molar-refractivity contribution is 7.89. The lowest BCUT2D eigenvalue weighted by Gasteiger charge is -2.36. The molecule has 1 atom stereocenters. The summed E-state index contributed by atoms with van der Waals surface area (Å²) in [7, 11) is -1.76. The van der Waals surface area contributed by atoms with E-state index in [4.69, 9.17) is 14.2 Å². The molecule has 3 rings (SSSR count). The number of ether oxygens (including phenoxy) is 3. The molecule has 1 unspecified atom stereocenters. The van der Waals surface area contributed by atoms with E-state index in [0.29, 0.717) is 51.9 Å². The number of nitrogens with zero attached hydrogens (tertiary/aromatic N) is 3. The van der Waals surface area contributed by atoms with Crippen molar-refractivity contribution in [3.63, 3.8) is 0 Å². The van der Waals surface area contributed by atoms with Gasteiger partial charge in [0.25, 0.3) is 0 Å². The summed E-state index contributed by atoms with van der Waals surface area (Å²) < 4.78 is 42.4. The third-order valence-corrected chi connectivity index (χ3v) is 6.15. The van der Waals surface area contributed by atoms with Gasteiger partial charge in [0, 0.05) is 32.2 Å². The summed E-state index contributed by atoms with van der Waals surface area (Å²) in [5.41, 5.74) is 0.969. The van der Waals surface area contributed by atoms with Gasteiger partial charge in [-0.1, -0.05) is 0 Å². The Balaban J connectivity index is 1.55. The van der Waals surface area contributed by atoms with Gasteiger partial charge in [-0.25, -0.2) is 13.4 Å². The summed E-state index contributed by atoms with van der Waals surface area (Å²) in [4.78, 5) is 6.32. The van der Waals surface area contributed by atoms with Crippen molar-refractivity contribution in [3.8, 4) is 5.88 Å². The number of piperazine rings is 1. The Kier molecular flexibility index (Phi) is 5.54. The van der Waals surface area contributed by atoms with Crippen LogP contribution in [0, 0.1) is 0 Å². The van der Waals surface area contributed by atoms with Gasteiger partial charge in [-0.15, -0.1) is 0 Å². The lowest BCUT2D eigenvalue weighted by molar-refractivity contribution is -0.0785. The molecule has 134 valence electrons. The highest BCUT2D eigenvalue weighted by atomic mass is 32.2. The second kappa shape index (κ2) is 7.64. The van der Waals surface area contributed by atoms with Crippen LogP contribution in [-0.2, 0) is 19.5 Å². The summed E-state index contributed by atoms with van der Waals surface area (Å²) in [5.74, 6) is 0.548. The van der Waals surface area contributed by atoms with E-state index in [9.17, 15) is 8.42 Å². The fraction of sp³-hybridized carbons (Fsp3) is 0.667. The molecule has 24 heavy (non-hydrogen) atoms. The van der Waals surface area contributed by atoms with Crippen LogP contribution < -0.4 is 9.64 Å². The van der Waals surface area contributed by atoms with Crippen LogP contribution in [0.4, 0.5) is 5.69 Å². The Morgan fingerprint density at radius 1 is 1.25 bits per heavy atom. The molecule has 2 saturated heterocycles. The van der Waals surface area contributed by atoms with E-state index >= 15 is 0 Å². The molecule has 0 amide bonds. The molecule has 0 saturated carbocycles. The standard InChI is InChI=1S/C15H23N3O5S/c1-21-15-3-2-13(10-16-15)17-4-6-18(7-5-17)24(19,20)12-14-11-22-8-9-23-14/h2-3,10,14H,4-9,11-12H2,1H3. The molecule has 1 aromatic rings. The van der Waals surface area contributed by atoms with Gasteiger partial charge in [-0.3, -0.25) is 0 Å². The first-order valence-corrected chi connectivity index (χ1v) is 9.61. The van der Waals surface area contributed by atoms with Gasteiger partial charge in [-0.2, -0.15) is 4.31 Å². The number of anilines is 1. The van der Waals surface area contributed by atoms with Crippen molar-refractivity contribution in [3.05, 3.63) is 18.3 Å². The van der Waals surface area contributed by atoms with Crippen LogP contribution in [0.25, 0.3) is 0 Å². The second-order valence-electron chi connectivity index (χ2n) is 5.79. The zero-order valence-corrected chi connectivity index (χ0v) is 14.6. The van der Waals surface area contributed by atoms with Crippen LogP contribution >= 0.6 is 0 Å². The van der Waals surface area contributed by atoms with Gasteiger partial charge in [-0.05, 0) is 6.07 Å². The molecule has 0 N–H and O–H groups in total. The summed E-state index contributed by atoms with van der Waals surface area (Å²) in [6, 6.07) is 3.74. The van der Waals surface area contributed by atoms with E-state index in [-0.39, 0.29) is 11.9 Å². The molecule has 2 fully saturated rings. The van der Waals surface area contributed by atoms with Gasteiger partial charge < -0.3 is 19.1 Å². The minimum absolute atomic E-state index is 0.0168.